The molecule has 1 aliphatic rings. The van der Waals surface area contributed by atoms with Crippen LogP contribution in [0.1, 0.15) is 31.2 Å². The molecule has 0 bridgehead atoms. The fourth-order valence-corrected chi connectivity index (χ4v) is 4.23. The van der Waals surface area contributed by atoms with E-state index in [0.29, 0.717) is 12.3 Å². The van der Waals surface area contributed by atoms with E-state index in [9.17, 15) is 4.79 Å². The Hall–Kier alpha value is -2.92. The van der Waals surface area contributed by atoms with Gasteiger partial charge in [0.15, 0.2) is 0 Å². The van der Waals surface area contributed by atoms with Gasteiger partial charge in [0.25, 0.3) is 0 Å². The smallest absolute Gasteiger partial charge is 0.224 e. The van der Waals surface area contributed by atoms with E-state index in [2.05, 4.69) is 39.5 Å². The molecule has 1 amide bonds. The molecule has 0 aliphatic carbocycles. The Labute approximate surface area is 178 Å². The number of aromatic nitrogens is 1. The molecule has 0 spiro atoms. The molecular weight excluding hydrogens is 374 g/mol. The summed E-state index contributed by atoms with van der Waals surface area (Å²) in [5, 5.41) is 4.18. The molecule has 0 radical (unpaired) electrons. The Kier molecular flexibility index (Phi) is 6.60. The molecule has 30 heavy (non-hydrogen) atoms. The minimum absolute atomic E-state index is 0.0764. The molecule has 2 aromatic carbocycles. The number of carbonyl (C=O) groups is 1. The summed E-state index contributed by atoms with van der Waals surface area (Å²) in [6, 6.07) is 18.0. The molecule has 1 fully saturated rings. The molecule has 2 heterocycles. The molecule has 1 saturated heterocycles. The summed E-state index contributed by atoms with van der Waals surface area (Å²) in [5.74, 6) is 1.44. The lowest BCUT2D eigenvalue weighted by Crippen LogP contribution is -2.33. The zero-order valence-electron chi connectivity index (χ0n) is 17.5. The first-order valence-electron chi connectivity index (χ1n) is 10.7. The van der Waals surface area contributed by atoms with Gasteiger partial charge in [-0.3, -0.25) is 14.7 Å². The molecule has 0 unspecified atom stereocenters. The van der Waals surface area contributed by atoms with Crippen molar-refractivity contribution in [1.82, 2.24) is 9.88 Å². The van der Waals surface area contributed by atoms with E-state index in [1.165, 1.54) is 10.9 Å². The van der Waals surface area contributed by atoms with Crippen LogP contribution in [-0.2, 0) is 11.3 Å². The molecule has 0 saturated carbocycles. The number of methoxy groups -OCH3 is 1. The van der Waals surface area contributed by atoms with Gasteiger partial charge in [0.1, 0.15) is 5.75 Å². The molecule has 3 aromatic rings. The number of hydrogen-bond acceptors (Lipinski definition) is 4. The molecule has 5 nitrogen and oxygen atoms in total. The number of fused-ring (bicyclic) bond motifs is 1. The predicted octanol–water partition coefficient (Wildman–Crippen LogP) is 4.87. The molecule has 0 atom stereocenters. The molecule has 156 valence electrons. The van der Waals surface area contributed by atoms with Crippen molar-refractivity contribution in [2.24, 2.45) is 5.92 Å². The SMILES string of the molecule is COc1cccc(NC(=O)CCC2CCN(Cc3cccc4cccnc34)CC2)c1. The number of ether oxygens (including phenoxy) is 1. The highest BCUT2D eigenvalue weighted by Crippen LogP contribution is 2.25. The van der Waals surface area contributed by atoms with Gasteiger partial charge in [-0.2, -0.15) is 0 Å². The van der Waals surface area contributed by atoms with Gasteiger partial charge in [-0.05, 0) is 62.0 Å². The summed E-state index contributed by atoms with van der Waals surface area (Å²) in [7, 11) is 1.63. The van der Waals surface area contributed by atoms with Crippen molar-refractivity contribution in [3.63, 3.8) is 0 Å². The van der Waals surface area contributed by atoms with Crippen LogP contribution in [-0.4, -0.2) is 36.0 Å². The maximum absolute atomic E-state index is 12.3. The average Bonchev–Trinajstić information content (AvgIpc) is 2.79. The van der Waals surface area contributed by atoms with Gasteiger partial charge >= 0.3 is 0 Å². The number of carbonyl (C=O) groups excluding carboxylic acids is 1. The molecule has 1 N–H and O–H groups in total. The van der Waals surface area contributed by atoms with E-state index in [1.54, 1.807) is 7.11 Å². The van der Waals surface area contributed by atoms with Crippen LogP contribution in [0.5, 0.6) is 5.75 Å². The van der Waals surface area contributed by atoms with Gasteiger partial charge in [-0.1, -0.05) is 30.3 Å². The van der Waals surface area contributed by atoms with Crippen LogP contribution in [0.15, 0.2) is 60.8 Å². The molecular formula is C25H29N3O2. The predicted molar refractivity (Wildman–Crippen MR) is 121 cm³/mol. The highest BCUT2D eigenvalue weighted by molar-refractivity contribution is 5.90. The highest BCUT2D eigenvalue weighted by atomic mass is 16.5. The van der Waals surface area contributed by atoms with Gasteiger partial charge in [0.2, 0.25) is 5.91 Å². The number of nitrogens with zero attached hydrogens (tertiary/aromatic N) is 2. The van der Waals surface area contributed by atoms with Crippen LogP contribution in [0.4, 0.5) is 5.69 Å². The third kappa shape index (κ3) is 5.16. The van der Waals surface area contributed by atoms with Crippen molar-refractivity contribution in [2.75, 3.05) is 25.5 Å². The summed E-state index contributed by atoms with van der Waals surface area (Å²) in [6.45, 7) is 3.09. The Morgan fingerprint density at radius 3 is 2.77 bits per heavy atom. The van der Waals surface area contributed by atoms with Crippen molar-refractivity contribution < 1.29 is 9.53 Å². The van der Waals surface area contributed by atoms with Crippen molar-refractivity contribution in [3.05, 3.63) is 66.4 Å². The van der Waals surface area contributed by atoms with Gasteiger partial charge in [0.05, 0.1) is 12.6 Å². The fourth-order valence-electron chi connectivity index (χ4n) is 4.23. The van der Waals surface area contributed by atoms with Crippen molar-refractivity contribution >= 4 is 22.5 Å². The molecule has 4 rings (SSSR count). The molecule has 1 aromatic heterocycles. The number of para-hydroxylation sites is 1. The number of nitrogens with one attached hydrogen (secondary N) is 1. The Morgan fingerprint density at radius 1 is 1.13 bits per heavy atom. The minimum atomic E-state index is 0.0764. The van der Waals surface area contributed by atoms with E-state index in [4.69, 9.17) is 4.74 Å². The maximum atomic E-state index is 12.3. The van der Waals surface area contributed by atoms with Crippen LogP contribution >= 0.6 is 0 Å². The second kappa shape index (κ2) is 9.72. The average molecular weight is 404 g/mol. The number of anilines is 1. The lowest BCUT2D eigenvalue weighted by atomic mass is 9.91. The fraction of sp³-hybridized carbons (Fsp3) is 0.360. The second-order valence-electron chi connectivity index (χ2n) is 8.03. The van der Waals surface area contributed by atoms with E-state index >= 15 is 0 Å². The topological polar surface area (TPSA) is 54.5 Å². The zero-order valence-corrected chi connectivity index (χ0v) is 17.5. The number of amides is 1. The van der Waals surface area contributed by atoms with Crippen LogP contribution in [0.2, 0.25) is 0 Å². The largest absolute Gasteiger partial charge is 0.497 e. The second-order valence-corrected chi connectivity index (χ2v) is 8.03. The molecule has 1 aliphatic heterocycles. The summed E-state index contributed by atoms with van der Waals surface area (Å²) in [4.78, 5) is 19.4. The van der Waals surface area contributed by atoms with E-state index < -0.39 is 0 Å². The number of likely N-dealkylation sites (tertiary alicyclic amines) is 1. The first-order valence-corrected chi connectivity index (χ1v) is 10.7. The van der Waals surface area contributed by atoms with Crippen LogP contribution in [0.3, 0.4) is 0 Å². The van der Waals surface area contributed by atoms with E-state index in [0.717, 1.165) is 55.9 Å². The first kappa shape index (κ1) is 20.4. The number of hydrogen-bond donors (Lipinski definition) is 1. The van der Waals surface area contributed by atoms with Crippen molar-refractivity contribution in [1.29, 1.82) is 0 Å². The van der Waals surface area contributed by atoms with E-state index in [1.807, 2.05) is 36.5 Å². The van der Waals surface area contributed by atoms with Crippen LogP contribution in [0, 0.1) is 5.92 Å². The number of piperidine rings is 1. The van der Waals surface area contributed by atoms with Gasteiger partial charge < -0.3 is 10.1 Å². The zero-order chi connectivity index (χ0) is 20.8. The monoisotopic (exact) mass is 403 g/mol. The third-order valence-corrected chi connectivity index (χ3v) is 5.95. The summed E-state index contributed by atoms with van der Waals surface area (Å²) in [6.07, 6.45) is 5.67. The minimum Gasteiger partial charge on any atom is -0.497 e. The quantitative estimate of drug-likeness (QED) is 0.611. The molecule has 5 heteroatoms. The normalized spacial score (nSPS) is 15.2. The Morgan fingerprint density at radius 2 is 1.93 bits per heavy atom. The highest BCUT2D eigenvalue weighted by Gasteiger charge is 2.20. The number of benzene rings is 2. The maximum Gasteiger partial charge on any atom is 0.224 e. The first-order chi connectivity index (χ1) is 14.7. The summed E-state index contributed by atoms with van der Waals surface area (Å²) < 4.78 is 5.21. The van der Waals surface area contributed by atoms with Crippen molar-refractivity contribution in [2.45, 2.75) is 32.2 Å². The van der Waals surface area contributed by atoms with Gasteiger partial charge in [-0.25, -0.2) is 0 Å². The third-order valence-electron chi connectivity index (χ3n) is 5.95. The Balaban J connectivity index is 1.23. The number of rotatable bonds is 7. The van der Waals surface area contributed by atoms with Gasteiger partial charge in [0, 0.05) is 36.3 Å². The summed E-state index contributed by atoms with van der Waals surface area (Å²) >= 11 is 0. The summed E-state index contributed by atoms with van der Waals surface area (Å²) in [5.41, 5.74) is 3.19. The lowest BCUT2D eigenvalue weighted by Gasteiger charge is -2.32. The van der Waals surface area contributed by atoms with Crippen LogP contribution in [0.25, 0.3) is 10.9 Å². The van der Waals surface area contributed by atoms with Crippen LogP contribution < -0.4 is 10.1 Å². The Bertz CT molecular complexity index is 991. The van der Waals surface area contributed by atoms with Gasteiger partial charge in [-0.15, -0.1) is 0 Å². The lowest BCUT2D eigenvalue weighted by molar-refractivity contribution is -0.116. The standard InChI is InChI=1S/C25H29N3O2/c1-30-23-9-3-8-22(17-23)27-24(29)11-10-19-12-15-28(16-13-19)18-21-6-2-5-20-7-4-14-26-25(20)21/h2-9,14,17,19H,10-13,15-16,18H2,1H3,(H,27,29). The van der Waals surface area contributed by atoms with E-state index in [-0.39, 0.29) is 5.91 Å². The van der Waals surface area contributed by atoms with Crippen molar-refractivity contribution in [3.8, 4) is 5.75 Å². The number of pyridine rings is 1.